The fourth-order valence-electron chi connectivity index (χ4n) is 2.28. The largest absolute Gasteiger partial charge is 0.492 e. The molecule has 3 rings (SSSR count). The molecule has 148 valence electrons. The number of nitrogens with zero attached hydrogens (tertiary/aromatic N) is 1. The first-order valence-corrected chi connectivity index (χ1v) is 7.66. The summed E-state index contributed by atoms with van der Waals surface area (Å²) in [6.07, 6.45) is -5.25. The Bertz CT molecular complexity index is 971. The van der Waals surface area contributed by atoms with Gasteiger partial charge in [-0.15, -0.1) is 0 Å². The minimum absolute atomic E-state index is 0.0618. The average Bonchev–Trinajstić information content (AvgIpc) is 2.94. The molecule has 0 spiro atoms. The zero-order valence-electron chi connectivity index (χ0n) is 13.3. The number of nitrogens with one attached hydrogen (secondary N) is 2. The van der Waals surface area contributed by atoms with Gasteiger partial charge in [-0.3, -0.25) is 15.4 Å². The van der Waals surface area contributed by atoms with Gasteiger partial charge in [-0.25, -0.2) is 9.18 Å². The number of carbonyl (C=O) groups excluding carboxylic acids is 1. The molecule has 0 aromatic heterocycles. The highest BCUT2D eigenvalue weighted by Crippen LogP contribution is 2.46. The van der Waals surface area contributed by atoms with Crippen molar-refractivity contribution in [2.24, 2.45) is 0 Å². The van der Waals surface area contributed by atoms with Crippen LogP contribution in [-0.4, -0.2) is 23.0 Å². The molecule has 2 N–H and O–H groups in total. The Kier molecular flexibility index (Phi) is 4.67. The summed E-state index contributed by atoms with van der Waals surface area (Å²) in [4.78, 5) is 22.0. The number of urea groups is 1. The van der Waals surface area contributed by atoms with Crippen LogP contribution in [0.15, 0.2) is 36.4 Å². The van der Waals surface area contributed by atoms with Gasteiger partial charge in [0.2, 0.25) is 0 Å². The number of alkyl halides is 3. The standard InChI is InChI=1S/C15H8ClF4N3O5/c16-7-1-4-11-12(5-7)28-15(27-11,14(18,19)20)22-13(24)21-9-3-2-8(17)6-10(9)23(25)26/h1-6H,(H2,21,22,24). The van der Waals surface area contributed by atoms with E-state index in [0.717, 1.165) is 24.3 Å². The van der Waals surface area contributed by atoms with Crippen LogP contribution in [0.25, 0.3) is 0 Å². The molecule has 13 heteroatoms. The fraction of sp³-hybridized carbons (Fsp3) is 0.133. The molecule has 2 aromatic carbocycles. The molecule has 1 heterocycles. The van der Waals surface area contributed by atoms with E-state index in [1.54, 1.807) is 0 Å². The molecule has 8 nitrogen and oxygen atoms in total. The van der Waals surface area contributed by atoms with Crippen molar-refractivity contribution in [2.75, 3.05) is 5.32 Å². The molecule has 0 saturated carbocycles. The van der Waals surface area contributed by atoms with E-state index >= 15 is 0 Å². The SMILES string of the molecule is O=C(Nc1ccc(F)cc1[N+](=O)[O-])NC1(C(F)(F)F)Oc2ccc(Cl)cc2O1. The van der Waals surface area contributed by atoms with Crippen LogP contribution < -0.4 is 20.1 Å². The second kappa shape index (κ2) is 6.71. The van der Waals surface area contributed by atoms with Crippen LogP contribution in [0, 0.1) is 15.9 Å². The fourth-order valence-corrected chi connectivity index (χ4v) is 2.44. The number of nitro groups is 1. The van der Waals surface area contributed by atoms with Crippen molar-refractivity contribution in [3.05, 3.63) is 57.4 Å². The van der Waals surface area contributed by atoms with E-state index < -0.39 is 40.2 Å². The Hall–Kier alpha value is -3.28. The number of hydrogen-bond acceptors (Lipinski definition) is 5. The number of ether oxygens (including phenoxy) is 2. The minimum atomic E-state index is -5.25. The van der Waals surface area contributed by atoms with Gasteiger partial charge in [-0.05, 0) is 24.3 Å². The van der Waals surface area contributed by atoms with Gasteiger partial charge in [0, 0.05) is 11.1 Å². The van der Waals surface area contributed by atoms with E-state index in [0.29, 0.717) is 6.07 Å². The number of hydrogen-bond donors (Lipinski definition) is 2. The highest BCUT2D eigenvalue weighted by atomic mass is 35.5. The maximum Gasteiger partial charge on any atom is 0.492 e. The van der Waals surface area contributed by atoms with Crippen molar-refractivity contribution >= 4 is 29.0 Å². The van der Waals surface area contributed by atoms with Crippen LogP contribution in [-0.2, 0) is 0 Å². The number of nitro benzene ring substituents is 1. The third kappa shape index (κ3) is 3.58. The average molecular weight is 422 g/mol. The molecule has 1 aliphatic heterocycles. The molecule has 1 atom stereocenters. The normalized spacial score (nSPS) is 17.9. The lowest BCUT2D eigenvalue weighted by atomic mass is 10.2. The summed E-state index contributed by atoms with van der Waals surface area (Å²) in [5.41, 5.74) is -1.40. The highest BCUT2D eigenvalue weighted by Gasteiger charge is 2.65. The smallest absolute Gasteiger partial charge is 0.424 e. The first-order chi connectivity index (χ1) is 13.0. The molecule has 0 radical (unpaired) electrons. The third-order valence-corrected chi connectivity index (χ3v) is 3.70. The van der Waals surface area contributed by atoms with Gasteiger partial charge >= 0.3 is 18.1 Å². The van der Waals surface area contributed by atoms with Crippen LogP contribution in [0.1, 0.15) is 0 Å². The number of carbonyl (C=O) groups is 1. The highest BCUT2D eigenvalue weighted by molar-refractivity contribution is 6.30. The van der Waals surface area contributed by atoms with Gasteiger partial charge in [-0.1, -0.05) is 11.6 Å². The molecular weight excluding hydrogens is 414 g/mol. The van der Waals surface area contributed by atoms with E-state index in [4.69, 9.17) is 21.1 Å². The zero-order chi connectivity index (χ0) is 20.7. The number of benzene rings is 2. The summed E-state index contributed by atoms with van der Waals surface area (Å²) in [6.45, 7) is 0. The molecule has 1 aliphatic rings. The number of anilines is 1. The molecule has 0 saturated heterocycles. The Balaban J connectivity index is 1.86. The predicted molar refractivity (Wildman–Crippen MR) is 86.7 cm³/mol. The van der Waals surface area contributed by atoms with Crippen molar-refractivity contribution in [1.29, 1.82) is 0 Å². The van der Waals surface area contributed by atoms with Gasteiger partial charge in [0.05, 0.1) is 11.0 Å². The van der Waals surface area contributed by atoms with E-state index in [2.05, 4.69) is 0 Å². The second-order valence-corrected chi connectivity index (χ2v) is 5.84. The Morgan fingerprint density at radius 1 is 1.14 bits per heavy atom. The quantitative estimate of drug-likeness (QED) is 0.439. The summed E-state index contributed by atoms with van der Waals surface area (Å²) >= 11 is 5.69. The first kappa shape index (κ1) is 19.5. The molecule has 0 aliphatic carbocycles. The Labute approximate surface area is 158 Å². The van der Waals surface area contributed by atoms with Gasteiger partial charge in [0.25, 0.3) is 5.69 Å². The number of rotatable bonds is 3. The summed E-state index contributed by atoms with van der Waals surface area (Å²) < 4.78 is 63.3. The van der Waals surface area contributed by atoms with Crippen LogP contribution in [0.3, 0.4) is 0 Å². The summed E-state index contributed by atoms with van der Waals surface area (Å²) in [5, 5.41) is 14.3. The molecule has 1 unspecified atom stereocenters. The lowest BCUT2D eigenvalue weighted by Crippen LogP contribution is -2.65. The van der Waals surface area contributed by atoms with Crippen molar-refractivity contribution in [1.82, 2.24) is 5.32 Å². The van der Waals surface area contributed by atoms with E-state index in [-0.39, 0.29) is 16.5 Å². The monoisotopic (exact) mass is 421 g/mol. The maximum absolute atomic E-state index is 13.6. The van der Waals surface area contributed by atoms with Gasteiger partial charge < -0.3 is 14.8 Å². The molecular formula is C15H8ClF4N3O5. The predicted octanol–water partition coefficient (Wildman–Crippen LogP) is 4.20. The van der Waals surface area contributed by atoms with Gasteiger partial charge in [-0.2, -0.15) is 13.2 Å². The van der Waals surface area contributed by atoms with Crippen LogP contribution in [0.5, 0.6) is 11.5 Å². The van der Waals surface area contributed by atoms with E-state index in [1.165, 1.54) is 11.4 Å². The van der Waals surface area contributed by atoms with Crippen molar-refractivity contribution < 1.29 is 36.8 Å². The minimum Gasteiger partial charge on any atom is -0.424 e. The summed E-state index contributed by atoms with van der Waals surface area (Å²) in [7, 11) is 0. The number of amides is 2. The molecule has 28 heavy (non-hydrogen) atoms. The maximum atomic E-state index is 13.6. The second-order valence-electron chi connectivity index (χ2n) is 5.41. The van der Waals surface area contributed by atoms with Gasteiger partial charge in [0.1, 0.15) is 11.5 Å². The number of fused-ring (bicyclic) bond motifs is 1. The van der Waals surface area contributed by atoms with Crippen LogP contribution >= 0.6 is 11.6 Å². The zero-order valence-corrected chi connectivity index (χ0v) is 14.1. The van der Waals surface area contributed by atoms with Gasteiger partial charge in [0.15, 0.2) is 11.5 Å². The molecule has 0 fully saturated rings. The molecule has 2 amide bonds. The lowest BCUT2D eigenvalue weighted by molar-refractivity contribution is -0.384. The topological polar surface area (TPSA) is 103 Å². The van der Waals surface area contributed by atoms with Crippen LogP contribution in [0.4, 0.5) is 33.7 Å². The lowest BCUT2D eigenvalue weighted by Gasteiger charge is -2.29. The number of halogens is 5. The molecule has 0 bridgehead atoms. The van der Waals surface area contributed by atoms with E-state index in [9.17, 15) is 32.5 Å². The van der Waals surface area contributed by atoms with E-state index in [1.807, 2.05) is 5.32 Å². The first-order valence-electron chi connectivity index (χ1n) is 7.28. The van der Waals surface area contributed by atoms with Crippen LogP contribution in [0.2, 0.25) is 5.02 Å². The van der Waals surface area contributed by atoms with Crippen molar-refractivity contribution in [3.8, 4) is 11.5 Å². The summed E-state index contributed by atoms with van der Waals surface area (Å²) in [5.74, 6) is -5.29. The molecule has 2 aromatic rings. The Morgan fingerprint density at radius 2 is 1.82 bits per heavy atom. The Morgan fingerprint density at radius 3 is 2.46 bits per heavy atom. The third-order valence-electron chi connectivity index (χ3n) is 3.47. The van der Waals surface area contributed by atoms with Crippen molar-refractivity contribution in [2.45, 2.75) is 12.1 Å². The van der Waals surface area contributed by atoms with Crippen molar-refractivity contribution in [3.63, 3.8) is 0 Å². The summed E-state index contributed by atoms with van der Waals surface area (Å²) in [6, 6.07) is 3.95.